The van der Waals surface area contributed by atoms with Crippen LogP contribution in [-0.2, 0) is 7.05 Å². The molecule has 8 aromatic rings. The molecule has 3 heterocycles. The molecule has 0 spiro atoms. The van der Waals surface area contributed by atoms with Crippen molar-refractivity contribution < 1.29 is 8.98 Å². The van der Waals surface area contributed by atoms with Gasteiger partial charge in [-0.3, -0.25) is 0 Å². The van der Waals surface area contributed by atoms with Gasteiger partial charge in [-0.25, -0.2) is 4.57 Å². The van der Waals surface area contributed by atoms with Crippen LogP contribution in [0, 0.1) is 6.92 Å². The quantitative estimate of drug-likeness (QED) is 0.177. The van der Waals surface area contributed by atoms with E-state index in [-0.39, 0.29) is 0 Å². The van der Waals surface area contributed by atoms with E-state index in [4.69, 9.17) is 4.42 Å². The summed E-state index contributed by atoms with van der Waals surface area (Å²) < 4.78 is 11.4. The fraction of sp³-hybridized carbons (Fsp3) is 0.0645. The largest absolute Gasteiger partial charge is 0.451 e. The third-order valence-corrected chi connectivity index (χ3v) is 7.51. The number of para-hydroxylation sites is 1. The summed E-state index contributed by atoms with van der Waals surface area (Å²) in [6.07, 6.45) is 0. The summed E-state index contributed by atoms with van der Waals surface area (Å²) in [6.45, 7) is 2.21. The molecule has 3 nitrogen and oxygen atoms in total. The molecule has 0 saturated heterocycles. The van der Waals surface area contributed by atoms with E-state index in [1.165, 1.54) is 43.7 Å². The first-order valence-corrected chi connectivity index (χ1v) is 11.7. The Labute approximate surface area is 195 Å². The van der Waals surface area contributed by atoms with Gasteiger partial charge in [0, 0.05) is 21.5 Å². The minimum atomic E-state index is 0.931. The number of fused-ring (bicyclic) bond motifs is 13. The van der Waals surface area contributed by atoms with E-state index in [1.54, 1.807) is 0 Å². The Bertz CT molecular complexity index is 2140. The Morgan fingerprint density at radius 2 is 1.47 bits per heavy atom. The van der Waals surface area contributed by atoms with Crippen molar-refractivity contribution >= 4 is 71.1 Å². The molecule has 0 atom stereocenters. The van der Waals surface area contributed by atoms with Crippen molar-refractivity contribution in [1.82, 2.24) is 4.40 Å². The van der Waals surface area contributed by atoms with E-state index >= 15 is 0 Å². The van der Waals surface area contributed by atoms with E-state index in [0.717, 1.165) is 33.0 Å². The van der Waals surface area contributed by atoms with Gasteiger partial charge < -0.3 is 4.42 Å². The number of rotatable bonds is 0. The average molecular weight is 438 g/mol. The van der Waals surface area contributed by atoms with Gasteiger partial charge in [-0.05, 0) is 53.6 Å². The molecule has 0 N–H and O–H groups in total. The third-order valence-electron chi connectivity index (χ3n) is 7.51. The van der Waals surface area contributed by atoms with Crippen LogP contribution in [0.25, 0.3) is 71.1 Å². The minimum Gasteiger partial charge on any atom is -0.451 e. The van der Waals surface area contributed by atoms with Crippen molar-refractivity contribution in [2.45, 2.75) is 6.92 Å². The zero-order valence-corrected chi connectivity index (χ0v) is 19.0. The highest BCUT2D eigenvalue weighted by molar-refractivity contribution is 6.19. The van der Waals surface area contributed by atoms with Crippen LogP contribution < -0.4 is 4.57 Å². The van der Waals surface area contributed by atoms with Gasteiger partial charge in [0.1, 0.15) is 11.1 Å². The number of aromatic nitrogens is 2. The number of aryl methyl sites for hydroxylation is 2. The van der Waals surface area contributed by atoms with Crippen LogP contribution in [0.2, 0.25) is 0 Å². The lowest BCUT2D eigenvalue weighted by molar-refractivity contribution is -0.617. The molecule has 0 saturated carbocycles. The molecule has 34 heavy (non-hydrogen) atoms. The second kappa shape index (κ2) is 6.15. The third kappa shape index (κ3) is 2.10. The van der Waals surface area contributed by atoms with E-state index in [1.807, 2.05) is 0 Å². The standard InChI is InChI=1S/C31H21N2O/c1-18-8-7-12-22-21-11-5-6-13-25(21)33-29-26(32(2)31(33)28(18)22)15-14-23-24-16-19-9-3-4-10-20(19)17-27(24)34-30(23)29/h3-17H,1-2H3/q+1. The van der Waals surface area contributed by atoms with Crippen LogP contribution in [-0.4, -0.2) is 4.40 Å². The Morgan fingerprint density at radius 3 is 2.35 bits per heavy atom. The summed E-state index contributed by atoms with van der Waals surface area (Å²) in [7, 11) is 2.17. The summed E-state index contributed by atoms with van der Waals surface area (Å²) in [4.78, 5) is 0. The maximum absolute atomic E-state index is 6.65. The Kier molecular flexibility index (Phi) is 3.27. The highest BCUT2D eigenvalue weighted by atomic mass is 16.3. The van der Waals surface area contributed by atoms with Crippen molar-refractivity contribution in [3.63, 3.8) is 0 Å². The predicted octanol–water partition coefficient (Wildman–Crippen LogP) is 7.58. The van der Waals surface area contributed by atoms with Crippen molar-refractivity contribution in [2.75, 3.05) is 0 Å². The zero-order chi connectivity index (χ0) is 22.6. The lowest BCUT2D eigenvalue weighted by Gasteiger charge is -2.06. The molecule has 0 aliphatic heterocycles. The molecule has 0 fully saturated rings. The smallest absolute Gasteiger partial charge is 0.295 e. The first-order valence-electron chi connectivity index (χ1n) is 11.7. The lowest BCUT2D eigenvalue weighted by Crippen LogP contribution is -2.27. The number of hydrogen-bond donors (Lipinski definition) is 0. The van der Waals surface area contributed by atoms with Crippen LogP contribution in [0.3, 0.4) is 0 Å². The average Bonchev–Trinajstić information content (AvgIpc) is 3.38. The fourth-order valence-corrected chi connectivity index (χ4v) is 5.96. The van der Waals surface area contributed by atoms with Crippen molar-refractivity contribution in [1.29, 1.82) is 0 Å². The van der Waals surface area contributed by atoms with Gasteiger partial charge in [0.25, 0.3) is 5.65 Å². The molecule has 0 aliphatic carbocycles. The normalized spacial score (nSPS) is 12.4. The predicted molar refractivity (Wildman–Crippen MR) is 141 cm³/mol. The molecule has 0 radical (unpaired) electrons. The molecular weight excluding hydrogens is 416 g/mol. The molecule has 3 aromatic heterocycles. The fourth-order valence-electron chi connectivity index (χ4n) is 5.96. The molecule has 0 aliphatic rings. The molecule has 0 unspecified atom stereocenters. The number of furan rings is 1. The molecule has 3 heteroatoms. The minimum absolute atomic E-state index is 0.931. The van der Waals surface area contributed by atoms with Gasteiger partial charge in [0.15, 0.2) is 11.1 Å². The first kappa shape index (κ1) is 18.1. The number of imidazole rings is 1. The SMILES string of the molecule is Cc1cccc2c3ccccc3n3c4c5oc6cc7ccccc7cc6c5ccc4[n+](C)c3c12. The van der Waals surface area contributed by atoms with Gasteiger partial charge in [-0.15, -0.1) is 0 Å². The van der Waals surface area contributed by atoms with Gasteiger partial charge in [0.2, 0.25) is 5.52 Å². The van der Waals surface area contributed by atoms with E-state index in [2.05, 4.69) is 114 Å². The molecule has 160 valence electrons. The zero-order valence-electron chi connectivity index (χ0n) is 19.0. The monoisotopic (exact) mass is 437 g/mol. The van der Waals surface area contributed by atoms with Crippen molar-refractivity contribution in [3.05, 3.63) is 96.6 Å². The summed E-state index contributed by atoms with van der Waals surface area (Å²) in [5.74, 6) is 0. The molecule has 5 aromatic carbocycles. The van der Waals surface area contributed by atoms with Crippen molar-refractivity contribution in [3.8, 4) is 0 Å². The maximum Gasteiger partial charge on any atom is 0.295 e. The Balaban J connectivity index is 1.70. The number of hydrogen-bond acceptors (Lipinski definition) is 1. The highest BCUT2D eigenvalue weighted by Crippen LogP contribution is 2.39. The van der Waals surface area contributed by atoms with Crippen LogP contribution in [0.5, 0.6) is 0 Å². The van der Waals surface area contributed by atoms with Crippen LogP contribution in [0.15, 0.2) is 95.4 Å². The van der Waals surface area contributed by atoms with Crippen LogP contribution >= 0.6 is 0 Å². The maximum atomic E-state index is 6.65. The summed E-state index contributed by atoms with van der Waals surface area (Å²) >= 11 is 0. The second-order valence-electron chi connectivity index (χ2n) is 9.34. The first-order chi connectivity index (χ1) is 16.7. The van der Waals surface area contributed by atoms with Gasteiger partial charge in [0.05, 0.1) is 12.4 Å². The highest BCUT2D eigenvalue weighted by Gasteiger charge is 2.27. The number of pyridine rings is 1. The molecular formula is C31H21N2O+. The number of nitrogens with zero attached hydrogens (tertiary/aromatic N) is 2. The summed E-state index contributed by atoms with van der Waals surface area (Å²) in [5, 5.41) is 8.57. The van der Waals surface area contributed by atoms with Crippen molar-refractivity contribution in [2.24, 2.45) is 7.05 Å². The number of benzene rings is 5. The van der Waals surface area contributed by atoms with Gasteiger partial charge >= 0.3 is 0 Å². The second-order valence-corrected chi connectivity index (χ2v) is 9.34. The van der Waals surface area contributed by atoms with Crippen LogP contribution in [0.1, 0.15) is 5.56 Å². The topological polar surface area (TPSA) is 21.4 Å². The summed E-state index contributed by atoms with van der Waals surface area (Å²) in [6, 6.07) is 32.7. The molecule has 0 bridgehead atoms. The Morgan fingerprint density at radius 1 is 0.706 bits per heavy atom. The van der Waals surface area contributed by atoms with Gasteiger partial charge in [-0.1, -0.05) is 60.7 Å². The molecule has 8 rings (SSSR count). The summed E-state index contributed by atoms with van der Waals surface area (Å²) in [5.41, 5.74) is 7.82. The lowest BCUT2D eigenvalue weighted by atomic mass is 10.0. The van der Waals surface area contributed by atoms with E-state index < -0.39 is 0 Å². The van der Waals surface area contributed by atoms with Crippen LogP contribution in [0.4, 0.5) is 0 Å². The Hall–Kier alpha value is -4.37. The van der Waals surface area contributed by atoms with E-state index in [9.17, 15) is 0 Å². The van der Waals surface area contributed by atoms with E-state index in [0.29, 0.717) is 0 Å². The molecule has 0 amide bonds. The van der Waals surface area contributed by atoms with Gasteiger partial charge in [-0.2, -0.15) is 4.40 Å².